The molecule has 1 aromatic heterocycles. The highest BCUT2D eigenvalue weighted by atomic mass is 19.4. The Morgan fingerprint density at radius 3 is 2.57 bits per heavy atom. The number of benzene rings is 2. The van der Waals surface area contributed by atoms with Crippen LogP contribution in [0.15, 0.2) is 48.8 Å². The van der Waals surface area contributed by atoms with E-state index in [9.17, 15) is 22.7 Å². The largest absolute Gasteiger partial charge is 0.573 e. The lowest BCUT2D eigenvalue weighted by Crippen LogP contribution is -2.17. The molecule has 0 fully saturated rings. The molecule has 1 N–H and O–H groups in total. The molecule has 0 aliphatic rings. The molecule has 0 spiro atoms. The smallest absolute Gasteiger partial charge is 0.507 e. The van der Waals surface area contributed by atoms with Crippen LogP contribution in [0.25, 0.3) is 11.1 Å². The molecule has 0 radical (unpaired) electrons. The highest BCUT2D eigenvalue weighted by molar-refractivity contribution is 5.72. The first kappa shape index (κ1) is 19.5. The minimum Gasteiger partial charge on any atom is -0.507 e. The number of phenols is 1. The molecule has 1 heterocycles. The van der Waals surface area contributed by atoms with Gasteiger partial charge in [-0.15, -0.1) is 13.2 Å². The van der Waals surface area contributed by atoms with Gasteiger partial charge in [-0.2, -0.15) is 0 Å². The number of halogens is 4. The van der Waals surface area contributed by atoms with Gasteiger partial charge in [0, 0.05) is 24.0 Å². The molecule has 0 aliphatic carbocycles. The van der Waals surface area contributed by atoms with Crippen LogP contribution >= 0.6 is 0 Å². The van der Waals surface area contributed by atoms with Crippen molar-refractivity contribution in [1.29, 1.82) is 0 Å². The second kappa shape index (κ2) is 7.79. The highest BCUT2D eigenvalue weighted by Gasteiger charge is 2.31. The maximum atomic E-state index is 14.0. The fourth-order valence-electron chi connectivity index (χ4n) is 2.65. The summed E-state index contributed by atoms with van der Waals surface area (Å²) < 4.78 is 62.5. The van der Waals surface area contributed by atoms with Gasteiger partial charge in [-0.3, -0.25) is 0 Å². The lowest BCUT2D eigenvalue weighted by atomic mass is 10.0. The summed E-state index contributed by atoms with van der Waals surface area (Å²) in [4.78, 5) is 4.08. The molecule has 0 amide bonds. The van der Waals surface area contributed by atoms with Gasteiger partial charge in [0.05, 0.1) is 6.54 Å². The van der Waals surface area contributed by atoms with Gasteiger partial charge >= 0.3 is 6.36 Å². The van der Waals surface area contributed by atoms with E-state index in [4.69, 9.17) is 4.74 Å². The van der Waals surface area contributed by atoms with Crippen molar-refractivity contribution in [2.75, 3.05) is 6.61 Å². The Labute approximate surface area is 157 Å². The summed E-state index contributed by atoms with van der Waals surface area (Å²) in [5, 5.41) is 9.99. The van der Waals surface area contributed by atoms with Crippen molar-refractivity contribution >= 4 is 0 Å². The zero-order valence-electron chi connectivity index (χ0n) is 14.7. The van der Waals surface area contributed by atoms with Crippen LogP contribution < -0.4 is 9.47 Å². The molecule has 0 atom stereocenters. The van der Waals surface area contributed by atoms with E-state index < -0.39 is 17.9 Å². The molecule has 148 valence electrons. The van der Waals surface area contributed by atoms with Crippen LogP contribution in [0, 0.1) is 12.7 Å². The number of alkyl halides is 3. The number of aryl methyl sites for hydroxylation is 1. The van der Waals surface area contributed by atoms with Crippen LogP contribution in [0.5, 0.6) is 17.2 Å². The Kier molecular flexibility index (Phi) is 5.43. The van der Waals surface area contributed by atoms with E-state index in [1.807, 2.05) is 11.5 Å². The number of nitrogens with zero attached hydrogens (tertiary/aromatic N) is 2. The average Bonchev–Trinajstić information content (AvgIpc) is 3.00. The number of phenolic OH excluding ortho intramolecular Hbond substituents is 1. The van der Waals surface area contributed by atoms with E-state index in [0.29, 0.717) is 6.54 Å². The molecule has 5 nitrogen and oxygen atoms in total. The van der Waals surface area contributed by atoms with E-state index >= 15 is 0 Å². The van der Waals surface area contributed by atoms with Gasteiger partial charge in [-0.05, 0) is 42.8 Å². The van der Waals surface area contributed by atoms with Crippen LogP contribution in [0.1, 0.15) is 5.82 Å². The predicted molar refractivity (Wildman–Crippen MR) is 92.6 cm³/mol. The molecule has 0 saturated heterocycles. The Morgan fingerprint density at radius 2 is 1.89 bits per heavy atom. The molecular weight excluding hydrogens is 380 g/mol. The van der Waals surface area contributed by atoms with Crippen molar-refractivity contribution in [3.63, 3.8) is 0 Å². The Balaban J connectivity index is 1.81. The van der Waals surface area contributed by atoms with E-state index in [2.05, 4.69) is 9.72 Å². The lowest BCUT2D eigenvalue weighted by Gasteiger charge is -2.13. The van der Waals surface area contributed by atoms with E-state index in [1.165, 1.54) is 6.07 Å². The average molecular weight is 396 g/mol. The van der Waals surface area contributed by atoms with Crippen molar-refractivity contribution < 1.29 is 32.1 Å². The number of hydrogen-bond acceptors (Lipinski definition) is 4. The number of aromatic nitrogens is 2. The second-order valence-electron chi connectivity index (χ2n) is 5.92. The first-order valence-electron chi connectivity index (χ1n) is 8.21. The Hall–Kier alpha value is -3.23. The maximum absolute atomic E-state index is 14.0. The molecule has 28 heavy (non-hydrogen) atoms. The standard InChI is InChI=1S/C19H16F4N2O3/c1-12-24-4-5-25(12)6-7-27-16-9-13(8-14(20)10-16)17-11-15(2-3-18(17)26)28-19(21,22)23/h2-5,8-11,26H,6-7H2,1H3. The summed E-state index contributed by atoms with van der Waals surface area (Å²) in [5.41, 5.74) is 0.135. The summed E-state index contributed by atoms with van der Waals surface area (Å²) in [6.45, 7) is 2.54. The molecule has 9 heteroatoms. The number of hydrogen-bond donors (Lipinski definition) is 1. The molecule has 0 aliphatic heterocycles. The quantitative estimate of drug-likeness (QED) is 0.615. The lowest BCUT2D eigenvalue weighted by molar-refractivity contribution is -0.274. The normalized spacial score (nSPS) is 11.5. The number of aromatic hydroxyl groups is 1. The van der Waals surface area contributed by atoms with Crippen molar-refractivity contribution in [3.05, 3.63) is 60.4 Å². The van der Waals surface area contributed by atoms with Crippen LogP contribution in [0.2, 0.25) is 0 Å². The van der Waals surface area contributed by atoms with Gasteiger partial charge in [0.25, 0.3) is 0 Å². The molecule has 0 bridgehead atoms. The minimum absolute atomic E-state index is 0.0171. The van der Waals surface area contributed by atoms with Gasteiger partial charge < -0.3 is 19.1 Å². The van der Waals surface area contributed by atoms with Gasteiger partial charge in [0.1, 0.15) is 35.5 Å². The third kappa shape index (κ3) is 4.93. The molecule has 0 saturated carbocycles. The van der Waals surface area contributed by atoms with E-state index in [1.54, 1.807) is 12.4 Å². The molecule has 3 rings (SSSR count). The topological polar surface area (TPSA) is 56.5 Å². The van der Waals surface area contributed by atoms with Gasteiger partial charge in [-0.1, -0.05) is 0 Å². The molecule has 3 aromatic rings. The Morgan fingerprint density at radius 1 is 1.11 bits per heavy atom. The molecular formula is C19H16F4N2O3. The summed E-state index contributed by atoms with van der Waals surface area (Å²) in [6.07, 6.45) is -1.45. The van der Waals surface area contributed by atoms with Crippen molar-refractivity contribution in [2.24, 2.45) is 0 Å². The molecule has 0 unspecified atom stereocenters. The number of imidazole rings is 1. The third-order valence-electron chi connectivity index (χ3n) is 3.91. The number of rotatable bonds is 6. The van der Waals surface area contributed by atoms with Crippen LogP contribution in [0.4, 0.5) is 17.6 Å². The first-order chi connectivity index (χ1) is 13.2. The zero-order valence-corrected chi connectivity index (χ0v) is 14.7. The van der Waals surface area contributed by atoms with Crippen molar-refractivity contribution in [2.45, 2.75) is 19.8 Å². The fourth-order valence-corrected chi connectivity index (χ4v) is 2.65. The minimum atomic E-state index is -4.88. The summed E-state index contributed by atoms with van der Waals surface area (Å²) in [7, 11) is 0. The Bertz CT molecular complexity index is 970. The van der Waals surface area contributed by atoms with Crippen molar-refractivity contribution in [1.82, 2.24) is 9.55 Å². The van der Waals surface area contributed by atoms with Crippen molar-refractivity contribution in [3.8, 4) is 28.4 Å². The van der Waals surface area contributed by atoms with E-state index in [0.717, 1.165) is 36.2 Å². The van der Waals surface area contributed by atoms with E-state index in [-0.39, 0.29) is 29.2 Å². The third-order valence-corrected chi connectivity index (χ3v) is 3.91. The predicted octanol–water partition coefficient (Wildman–Crippen LogP) is 4.68. The summed E-state index contributed by atoms with van der Waals surface area (Å²) >= 11 is 0. The van der Waals surface area contributed by atoms with Gasteiger partial charge in [-0.25, -0.2) is 9.37 Å². The monoisotopic (exact) mass is 396 g/mol. The molecule has 2 aromatic carbocycles. The van der Waals surface area contributed by atoms with Crippen LogP contribution in [-0.2, 0) is 6.54 Å². The summed E-state index contributed by atoms with van der Waals surface area (Å²) in [6, 6.07) is 6.66. The number of ether oxygens (including phenoxy) is 2. The first-order valence-corrected chi connectivity index (χ1v) is 8.21. The fraction of sp³-hybridized carbons (Fsp3) is 0.211. The highest BCUT2D eigenvalue weighted by Crippen LogP contribution is 2.36. The zero-order chi connectivity index (χ0) is 20.3. The van der Waals surface area contributed by atoms with Gasteiger partial charge in [0.15, 0.2) is 0 Å². The SMILES string of the molecule is Cc1nccn1CCOc1cc(F)cc(-c2cc(OC(F)(F)F)ccc2O)c1. The summed E-state index contributed by atoms with van der Waals surface area (Å²) in [5.74, 6) is -0.528. The second-order valence-corrected chi connectivity index (χ2v) is 5.92. The maximum Gasteiger partial charge on any atom is 0.573 e. The van der Waals surface area contributed by atoms with Crippen LogP contribution in [-0.4, -0.2) is 27.6 Å². The van der Waals surface area contributed by atoms with Gasteiger partial charge in [0.2, 0.25) is 0 Å². The van der Waals surface area contributed by atoms with Crippen LogP contribution in [0.3, 0.4) is 0 Å².